The smallest absolute Gasteiger partial charge is 0.129 e. The minimum atomic E-state index is 0.668. The summed E-state index contributed by atoms with van der Waals surface area (Å²) in [5, 5.41) is 8.89. The van der Waals surface area contributed by atoms with E-state index in [0.29, 0.717) is 5.56 Å². The molecule has 0 saturated carbocycles. The molecule has 0 radical (unpaired) electrons. The molecular weight excluding hydrogens is 212 g/mol. The van der Waals surface area contributed by atoms with Crippen LogP contribution in [-0.2, 0) is 0 Å². The van der Waals surface area contributed by atoms with Crippen LogP contribution in [0.25, 0.3) is 0 Å². The Kier molecular flexibility index (Phi) is 5.44. The van der Waals surface area contributed by atoms with Crippen molar-refractivity contribution in [3.05, 3.63) is 23.9 Å². The SMILES string of the molecule is CCCN(CCN(C)C)c1cc(C#N)ccn1. The summed E-state index contributed by atoms with van der Waals surface area (Å²) in [5.41, 5.74) is 0.668. The second-order valence-corrected chi connectivity index (χ2v) is 4.30. The molecule has 0 unspecified atom stereocenters. The highest BCUT2D eigenvalue weighted by molar-refractivity contribution is 5.44. The van der Waals surface area contributed by atoms with Crippen molar-refractivity contribution in [2.75, 3.05) is 38.6 Å². The first-order valence-electron chi connectivity index (χ1n) is 5.93. The third kappa shape index (κ3) is 4.41. The Morgan fingerprint density at radius 3 is 2.65 bits per heavy atom. The molecule has 1 aromatic heterocycles. The molecule has 4 heteroatoms. The minimum Gasteiger partial charge on any atom is -0.355 e. The molecule has 1 heterocycles. The fourth-order valence-electron chi connectivity index (χ4n) is 1.59. The quantitative estimate of drug-likeness (QED) is 0.749. The summed E-state index contributed by atoms with van der Waals surface area (Å²) >= 11 is 0. The lowest BCUT2D eigenvalue weighted by molar-refractivity contribution is 0.412. The summed E-state index contributed by atoms with van der Waals surface area (Å²) in [6.07, 6.45) is 2.78. The number of aromatic nitrogens is 1. The van der Waals surface area contributed by atoms with Gasteiger partial charge >= 0.3 is 0 Å². The number of anilines is 1. The van der Waals surface area contributed by atoms with Gasteiger partial charge in [0.25, 0.3) is 0 Å². The molecule has 0 N–H and O–H groups in total. The number of likely N-dealkylation sites (N-methyl/N-ethyl adjacent to an activating group) is 1. The van der Waals surface area contributed by atoms with Crippen LogP contribution in [0.15, 0.2) is 18.3 Å². The normalized spacial score (nSPS) is 10.3. The van der Waals surface area contributed by atoms with Crippen LogP contribution in [-0.4, -0.2) is 43.6 Å². The van der Waals surface area contributed by atoms with Crippen LogP contribution < -0.4 is 4.90 Å². The molecule has 0 saturated heterocycles. The van der Waals surface area contributed by atoms with Gasteiger partial charge in [0.2, 0.25) is 0 Å². The molecule has 0 bridgehead atoms. The van der Waals surface area contributed by atoms with E-state index in [4.69, 9.17) is 5.26 Å². The fourth-order valence-corrected chi connectivity index (χ4v) is 1.59. The van der Waals surface area contributed by atoms with Gasteiger partial charge in [-0.05, 0) is 32.6 Å². The van der Waals surface area contributed by atoms with Crippen LogP contribution in [0.2, 0.25) is 0 Å². The first-order valence-corrected chi connectivity index (χ1v) is 5.93. The van der Waals surface area contributed by atoms with E-state index in [2.05, 4.69) is 41.9 Å². The molecule has 0 aliphatic heterocycles. The predicted octanol–water partition coefficient (Wildman–Crippen LogP) is 1.73. The van der Waals surface area contributed by atoms with Crippen LogP contribution in [0.3, 0.4) is 0 Å². The van der Waals surface area contributed by atoms with Crippen LogP contribution in [0.4, 0.5) is 5.82 Å². The fraction of sp³-hybridized carbons (Fsp3) is 0.538. The van der Waals surface area contributed by atoms with Crippen molar-refractivity contribution in [2.24, 2.45) is 0 Å². The lowest BCUT2D eigenvalue weighted by Gasteiger charge is -2.24. The highest BCUT2D eigenvalue weighted by Gasteiger charge is 2.07. The Labute approximate surface area is 103 Å². The van der Waals surface area contributed by atoms with E-state index in [1.165, 1.54) is 0 Å². The third-order valence-corrected chi connectivity index (χ3v) is 2.51. The third-order valence-electron chi connectivity index (χ3n) is 2.51. The summed E-state index contributed by atoms with van der Waals surface area (Å²) in [7, 11) is 4.12. The summed E-state index contributed by atoms with van der Waals surface area (Å²) in [5.74, 6) is 0.896. The van der Waals surface area contributed by atoms with Gasteiger partial charge < -0.3 is 9.80 Å². The van der Waals surface area contributed by atoms with Crippen molar-refractivity contribution in [1.82, 2.24) is 9.88 Å². The number of rotatable bonds is 6. The molecular formula is C13H20N4. The van der Waals surface area contributed by atoms with Gasteiger partial charge in [0.1, 0.15) is 5.82 Å². The van der Waals surface area contributed by atoms with Crippen molar-refractivity contribution in [3.8, 4) is 6.07 Å². The first-order chi connectivity index (χ1) is 8.17. The van der Waals surface area contributed by atoms with Crippen molar-refractivity contribution < 1.29 is 0 Å². The molecule has 1 aromatic rings. The Morgan fingerprint density at radius 2 is 2.06 bits per heavy atom. The van der Waals surface area contributed by atoms with Gasteiger partial charge in [-0.15, -0.1) is 0 Å². The lowest BCUT2D eigenvalue weighted by atomic mass is 10.2. The Bertz CT molecular complexity index is 381. The molecule has 0 aliphatic carbocycles. The zero-order valence-electron chi connectivity index (χ0n) is 10.8. The van der Waals surface area contributed by atoms with Crippen LogP contribution in [0.5, 0.6) is 0 Å². The Morgan fingerprint density at radius 1 is 1.29 bits per heavy atom. The maximum absolute atomic E-state index is 8.89. The maximum Gasteiger partial charge on any atom is 0.129 e. The van der Waals surface area contributed by atoms with E-state index in [0.717, 1.165) is 31.9 Å². The second kappa shape index (κ2) is 6.87. The maximum atomic E-state index is 8.89. The molecule has 17 heavy (non-hydrogen) atoms. The van der Waals surface area contributed by atoms with E-state index in [1.807, 2.05) is 6.07 Å². The zero-order valence-corrected chi connectivity index (χ0v) is 10.8. The van der Waals surface area contributed by atoms with Gasteiger partial charge in [0, 0.05) is 25.8 Å². The van der Waals surface area contributed by atoms with Crippen molar-refractivity contribution in [2.45, 2.75) is 13.3 Å². The minimum absolute atomic E-state index is 0.668. The largest absolute Gasteiger partial charge is 0.355 e. The average molecular weight is 232 g/mol. The molecule has 0 fully saturated rings. The molecule has 4 nitrogen and oxygen atoms in total. The van der Waals surface area contributed by atoms with Gasteiger partial charge in [-0.25, -0.2) is 4.98 Å². The molecule has 0 atom stereocenters. The van der Waals surface area contributed by atoms with Gasteiger partial charge in [0.05, 0.1) is 11.6 Å². The lowest BCUT2D eigenvalue weighted by Crippen LogP contribution is -2.32. The molecule has 1 rings (SSSR count). The van der Waals surface area contributed by atoms with Crippen molar-refractivity contribution in [1.29, 1.82) is 5.26 Å². The monoisotopic (exact) mass is 232 g/mol. The summed E-state index contributed by atoms with van der Waals surface area (Å²) in [4.78, 5) is 8.71. The molecule has 92 valence electrons. The van der Waals surface area contributed by atoms with Gasteiger partial charge in [-0.1, -0.05) is 6.92 Å². The first kappa shape index (κ1) is 13.5. The van der Waals surface area contributed by atoms with Crippen molar-refractivity contribution in [3.63, 3.8) is 0 Å². The molecule has 0 spiro atoms. The summed E-state index contributed by atoms with van der Waals surface area (Å²) < 4.78 is 0. The Hall–Kier alpha value is -1.60. The van der Waals surface area contributed by atoms with Crippen LogP contribution in [0, 0.1) is 11.3 Å². The van der Waals surface area contributed by atoms with Crippen LogP contribution in [0.1, 0.15) is 18.9 Å². The van der Waals surface area contributed by atoms with E-state index in [-0.39, 0.29) is 0 Å². The molecule has 0 aliphatic rings. The van der Waals surface area contributed by atoms with E-state index in [1.54, 1.807) is 12.3 Å². The molecule has 0 amide bonds. The van der Waals surface area contributed by atoms with E-state index < -0.39 is 0 Å². The average Bonchev–Trinajstić information content (AvgIpc) is 2.34. The Balaban J connectivity index is 2.77. The number of nitriles is 1. The number of nitrogens with zero attached hydrogens (tertiary/aromatic N) is 4. The second-order valence-electron chi connectivity index (χ2n) is 4.30. The number of hydrogen-bond donors (Lipinski definition) is 0. The van der Waals surface area contributed by atoms with Crippen molar-refractivity contribution >= 4 is 5.82 Å². The number of hydrogen-bond acceptors (Lipinski definition) is 4. The van der Waals surface area contributed by atoms with Gasteiger partial charge in [0.15, 0.2) is 0 Å². The van der Waals surface area contributed by atoms with Gasteiger partial charge in [-0.2, -0.15) is 5.26 Å². The predicted molar refractivity (Wildman–Crippen MR) is 70.0 cm³/mol. The van der Waals surface area contributed by atoms with E-state index in [9.17, 15) is 0 Å². The molecule has 0 aromatic carbocycles. The topological polar surface area (TPSA) is 43.2 Å². The van der Waals surface area contributed by atoms with Crippen LogP contribution >= 0.6 is 0 Å². The summed E-state index contributed by atoms with van der Waals surface area (Å²) in [6.45, 7) is 5.04. The van der Waals surface area contributed by atoms with E-state index >= 15 is 0 Å². The number of pyridine rings is 1. The summed E-state index contributed by atoms with van der Waals surface area (Å²) in [6, 6.07) is 5.74. The van der Waals surface area contributed by atoms with Gasteiger partial charge in [-0.3, -0.25) is 0 Å². The highest BCUT2D eigenvalue weighted by Crippen LogP contribution is 2.12. The standard InChI is InChI=1S/C13H20N4/c1-4-7-17(9-8-16(2)3)13-10-12(11-14)5-6-15-13/h5-6,10H,4,7-9H2,1-3H3. The zero-order chi connectivity index (χ0) is 12.7. The highest BCUT2D eigenvalue weighted by atomic mass is 15.2.